The summed E-state index contributed by atoms with van der Waals surface area (Å²) in [5.74, 6) is 0.0718. The third-order valence-corrected chi connectivity index (χ3v) is 5.46. The fraction of sp³-hybridized carbons (Fsp3) is 0.412. The van der Waals surface area contributed by atoms with Crippen LogP contribution in [0, 0.1) is 5.41 Å². The summed E-state index contributed by atoms with van der Waals surface area (Å²) < 4.78 is 0. The number of amides is 1. The van der Waals surface area contributed by atoms with E-state index in [1.165, 1.54) is 12.0 Å². The first kappa shape index (κ1) is 13.9. The molecule has 0 unspecified atom stereocenters. The molecule has 1 spiro atoms. The highest BCUT2D eigenvalue weighted by Gasteiger charge is 2.49. The van der Waals surface area contributed by atoms with E-state index in [9.17, 15) is 4.79 Å². The summed E-state index contributed by atoms with van der Waals surface area (Å²) in [7, 11) is 0. The molecule has 1 amide bonds. The maximum Gasteiger partial charge on any atom is 0.272 e. The average molecular weight is 313 g/mol. The van der Waals surface area contributed by atoms with Crippen LogP contribution in [0.1, 0.15) is 22.5 Å². The second kappa shape index (κ2) is 5.48. The van der Waals surface area contributed by atoms with E-state index in [-0.39, 0.29) is 5.91 Å². The zero-order valence-electron chi connectivity index (χ0n) is 12.4. The Kier molecular flexibility index (Phi) is 3.47. The second-order valence-electron chi connectivity index (χ2n) is 6.47. The predicted molar refractivity (Wildman–Crippen MR) is 86.8 cm³/mol. The summed E-state index contributed by atoms with van der Waals surface area (Å²) in [4.78, 5) is 21.0. The van der Waals surface area contributed by atoms with Crippen molar-refractivity contribution in [1.29, 1.82) is 0 Å². The van der Waals surface area contributed by atoms with E-state index in [0.29, 0.717) is 11.1 Å². The van der Waals surface area contributed by atoms with E-state index in [1.807, 2.05) is 17.0 Å². The van der Waals surface area contributed by atoms with Crippen molar-refractivity contribution in [3.05, 3.63) is 52.5 Å². The van der Waals surface area contributed by atoms with E-state index in [0.717, 1.165) is 32.7 Å². The smallest absolute Gasteiger partial charge is 0.272 e. The van der Waals surface area contributed by atoms with Crippen LogP contribution in [0.25, 0.3) is 0 Å². The number of hydrogen-bond donors (Lipinski definition) is 0. The van der Waals surface area contributed by atoms with Gasteiger partial charge in [-0.1, -0.05) is 6.07 Å². The number of nitrogens with zero attached hydrogens (tertiary/aromatic N) is 3. The van der Waals surface area contributed by atoms with Gasteiger partial charge in [-0.05, 0) is 47.5 Å². The SMILES string of the molecule is O=C(c1ccccn1)N1CC2(CCN(Cc3ccsc3)C2)C1. The molecule has 0 atom stereocenters. The van der Waals surface area contributed by atoms with Crippen molar-refractivity contribution in [1.82, 2.24) is 14.8 Å². The largest absolute Gasteiger partial charge is 0.336 e. The van der Waals surface area contributed by atoms with Gasteiger partial charge >= 0.3 is 0 Å². The maximum atomic E-state index is 12.4. The summed E-state index contributed by atoms with van der Waals surface area (Å²) in [6, 6.07) is 7.71. The summed E-state index contributed by atoms with van der Waals surface area (Å²) >= 11 is 1.76. The van der Waals surface area contributed by atoms with Crippen LogP contribution in [0.5, 0.6) is 0 Å². The van der Waals surface area contributed by atoms with Crippen LogP contribution in [0.15, 0.2) is 41.2 Å². The lowest BCUT2D eigenvalue weighted by Crippen LogP contribution is -2.59. The lowest BCUT2D eigenvalue weighted by molar-refractivity contribution is 0.00991. The monoisotopic (exact) mass is 313 g/mol. The molecular formula is C17H19N3OS. The Balaban J connectivity index is 1.34. The zero-order chi connectivity index (χ0) is 15.0. The fourth-order valence-corrected chi connectivity index (χ4v) is 4.28. The van der Waals surface area contributed by atoms with Crippen LogP contribution in [0.4, 0.5) is 0 Å². The minimum Gasteiger partial charge on any atom is -0.336 e. The van der Waals surface area contributed by atoms with Crippen molar-refractivity contribution in [3.8, 4) is 0 Å². The number of carbonyl (C=O) groups is 1. The first-order chi connectivity index (χ1) is 10.7. The molecule has 22 heavy (non-hydrogen) atoms. The highest BCUT2D eigenvalue weighted by Crippen LogP contribution is 2.40. The highest BCUT2D eigenvalue weighted by atomic mass is 32.1. The number of thiophene rings is 1. The van der Waals surface area contributed by atoms with Crippen molar-refractivity contribution in [2.75, 3.05) is 26.2 Å². The van der Waals surface area contributed by atoms with Crippen LogP contribution in [-0.4, -0.2) is 46.9 Å². The molecule has 4 nitrogen and oxygen atoms in total. The maximum absolute atomic E-state index is 12.4. The molecule has 2 aromatic rings. The third kappa shape index (κ3) is 2.55. The van der Waals surface area contributed by atoms with Crippen molar-refractivity contribution in [2.45, 2.75) is 13.0 Å². The lowest BCUT2D eigenvalue weighted by atomic mass is 9.79. The van der Waals surface area contributed by atoms with Gasteiger partial charge in [-0.2, -0.15) is 11.3 Å². The van der Waals surface area contributed by atoms with E-state index in [4.69, 9.17) is 0 Å². The van der Waals surface area contributed by atoms with E-state index in [1.54, 1.807) is 23.6 Å². The summed E-state index contributed by atoms with van der Waals surface area (Å²) in [6.07, 6.45) is 2.88. The Bertz CT molecular complexity index is 650. The number of aromatic nitrogens is 1. The van der Waals surface area contributed by atoms with Crippen LogP contribution in [0.2, 0.25) is 0 Å². The lowest BCUT2D eigenvalue weighted by Gasteiger charge is -2.48. The van der Waals surface area contributed by atoms with Gasteiger partial charge in [0.05, 0.1) is 0 Å². The summed E-state index contributed by atoms with van der Waals surface area (Å²) in [5.41, 5.74) is 2.29. The van der Waals surface area contributed by atoms with Crippen LogP contribution < -0.4 is 0 Å². The Morgan fingerprint density at radius 3 is 2.91 bits per heavy atom. The molecule has 0 N–H and O–H groups in total. The standard InChI is InChI=1S/C17H19N3OS/c21-16(15-3-1-2-6-18-15)20-12-17(13-20)5-7-19(11-17)9-14-4-8-22-10-14/h1-4,6,8,10H,5,7,9,11-13H2. The number of rotatable bonds is 3. The highest BCUT2D eigenvalue weighted by molar-refractivity contribution is 7.07. The molecule has 0 bridgehead atoms. The van der Waals surface area contributed by atoms with Crippen LogP contribution in [0.3, 0.4) is 0 Å². The quantitative estimate of drug-likeness (QED) is 0.873. The fourth-order valence-electron chi connectivity index (χ4n) is 3.62. The Morgan fingerprint density at radius 1 is 1.27 bits per heavy atom. The van der Waals surface area contributed by atoms with Gasteiger partial charge in [0.15, 0.2) is 0 Å². The third-order valence-electron chi connectivity index (χ3n) is 4.73. The molecule has 2 aromatic heterocycles. The molecule has 2 aliphatic rings. The zero-order valence-corrected chi connectivity index (χ0v) is 13.3. The molecule has 114 valence electrons. The van der Waals surface area contributed by atoms with Gasteiger partial charge in [-0.15, -0.1) is 0 Å². The molecule has 0 saturated carbocycles. The van der Waals surface area contributed by atoms with Gasteiger partial charge in [0.2, 0.25) is 0 Å². The van der Waals surface area contributed by atoms with Gasteiger partial charge in [0, 0.05) is 37.8 Å². The molecule has 0 aromatic carbocycles. The second-order valence-corrected chi connectivity index (χ2v) is 7.25. The van der Waals surface area contributed by atoms with E-state index in [2.05, 4.69) is 26.7 Å². The van der Waals surface area contributed by atoms with Crippen LogP contribution >= 0.6 is 11.3 Å². The van der Waals surface area contributed by atoms with Gasteiger partial charge in [-0.3, -0.25) is 14.7 Å². The number of pyridine rings is 1. The van der Waals surface area contributed by atoms with Crippen molar-refractivity contribution < 1.29 is 4.79 Å². The Labute approximate surface area is 134 Å². The summed E-state index contributed by atoms with van der Waals surface area (Å²) in [6.45, 7) is 5.04. The molecule has 0 aliphatic carbocycles. The molecule has 4 rings (SSSR count). The van der Waals surface area contributed by atoms with E-state index >= 15 is 0 Å². The molecular weight excluding hydrogens is 294 g/mol. The van der Waals surface area contributed by atoms with Crippen LogP contribution in [-0.2, 0) is 6.54 Å². The number of hydrogen-bond acceptors (Lipinski definition) is 4. The molecule has 2 aliphatic heterocycles. The van der Waals surface area contributed by atoms with Crippen molar-refractivity contribution >= 4 is 17.2 Å². The first-order valence-electron chi connectivity index (χ1n) is 7.68. The minimum atomic E-state index is 0.0718. The minimum absolute atomic E-state index is 0.0718. The van der Waals surface area contributed by atoms with Crippen molar-refractivity contribution in [2.24, 2.45) is 5.41 Å². The topological polar surface area (TPSA) is 36.4 Å². The van der Waals surface area contributed by atoms with Gasteiger partial charge in [0.25, 0.3) is 5.91 Å². The van der Waals surface area contributed by atoms with E-state index < -0.39 is 0 Å². The van der Waals surface area contributed by atoms with Gasteiger partial charge < -0.3 is 4.90 Å². The van der Waals surface area contributed by atoms with Gasteiger partial charge in [0.1, 0.15) is 5.69 Å². The van der Waals surface area contributed by atoms with Gasteiger partial charge in [-0.25, -0.2) is 0 Å². The normalized spacial score (nSPS) is 20.3. The molecule has 2 fully saturated rings. The molecule has 0 radical (unpaired) electrons. The average Bonchev–Trinajstić information content (AvgIpc) is 3.16. The molecule has 2 saturated heterocycles. The first-order valence-corrected chi connectivity index (χ1v) is 8.62. The van der Waals surface area contributed by atoms with Crippen molar-refractivity contribution in [3.63, 3.8) is 0 Å². The molecule has 5 heteroatoms. The number of likely N-dealkylation sites (tertiary alicyclic amines) is 2. The summed E-state index contributed by atoms with van der Waals surface area (Å²) in [5, 5.41) is 4.36. The Morgan fingerprint density at radius 2 is 2.18 bits per heavy atom. The number of carbonyl (C=O) groups excluding carboxylic acids is 1. The Hall–Kier alpha value is -1.72. The molecule has 4 heterocycles. The predicted octanol–water partition coefficient (Wildman–Crippen LogP) is 2.49.